The molecule has 158 valence electrons. The molecule has 3 rings (SSSR count). The number of carbonyl (C=O) groups is 3. The van der Waals surface area contributed by atoms with Crippen LogP contribution in [0.25, 0.3) is 0 Å². The number of amides is 1. The van der Waals surface area contributed by atoms with Crippen molar-refractivity contribution in [3.63, 3.8) is 0 Å². The van der Waals surface area contributed by atoms with E-state index in [4.69, 9.17) is 4.74 Å². The van der Waals surface area contributed by atoms with Crippen molar-refractivity contribution in [2.75, 3.05) is 33.8 Å². The summed E-state index contributed by atoms with van der Waals surface area (Å²) in [5.74, 6) is -1.87. The fourth-order valence-corrected chi connectivity index (χ4v) is 3.89. The second kappa shape index (κ2) is 9.22. The Morgan fingerprint density at radius 2 is 1.80 bits per heavy atom. The number of rotatable bonds is 8. The highest BCUT2D eigenvalue weighted by Gasteiger charge is 2.51. The quantitative estimate of drug-likeness (QED) is 0.408. The van der Waals surface area contributed by atoms with Gasteiger partial charge < -0.3 is 14.5 Å². The Hall–Kier alpha value is -2.99. The highest BCUT2D eigenvalue weighted by atomic mass is 16.5. The monoisotopic (exact) mass is 409 g/mol. The Morgan fingerprint density at radius 1 is 1.10 bits per heavy atom. The third kappa shape index (κ3) is 4.28. The van der Waals surface area contributed by atoms with E-state index in [-0.39, 0.29) is 5.78 Å². The largest absolute Gasteiger partial charge is 0.494 e. The first-order chi connectivity index (χ1) is 14.3. The summed E-state index contributed by atoms with van der Waals surface area (Å²) >= 11 is 0. The van der Waals surface area contributed by atoms with Gasteiger partial charge in [-0.25, -0.2) is 0 Å². The van der Waals surface area contributed by atoms with Gasteiger partial charge in [0.05, 0.1) is 39.8 Å². The molecule has 0 aromatic heterocycles. The lowest BCUT2D eigenvalue weighted by Gasteiger charge is -2.27. The van der Waals surface area contributed by atoms with Crippen LogP contribution >= 0.6 is 0 Å². The van der Waals surface area contributed by atoms with Crippen LogP contribution in [0.2, 0.25) is 0 Å². The number of carbonyl (C=O) groups excluding carboxylic acids is 3. The van der Waals surface area contributed by atoms with Gasteiger partial charge in [0.15, 0.2) is 5.78 Å². The Kier molecular flexibility index (Phi) is 6.67. The van der Waals surface area contributed by atoms with Crippen molar-refractivity contribution in [1.29, 1.82) is 0 Å². The molecule has 1 saturated heterocycles. The highest BCUT2D eigenvalue weighted by Crippen LogP contribution is 2.38. The Balaban J connectivity index is 2.00. The molecule has 1 amide bonds. The number of hydrogen-bond acceptors (Lipinski definition) is 4. The SMILES string of the molecule is CCOc1ccc(C(=O)C2C(=O)C(=O)N(CC[NH+](C)C)C2c2ccccc2)cc1C. The molecular formula is C24H29N2O4+. The van der Waals surface area contributed by atoms with Gasteiger partial charge in [-0.15, -0.1) is 0 Å². The summed E-state index contributed by atoms with van der Waals surface area (Å²) in [7, 11) is 3.98. The molecule has 0 spiro atoms. The van der Waals surface area contributed by atoms with Gasteiger partial charge in [0, 0.05) is 5.56 Å². The summed E-state index contributed by atoms with van der Waals surface area (Å²) in [5, 5.41) is 0. The predicted molar refractivity (Wildman–Crippen MR) is 114 cm³/mol. The van der Waals surface area contributed by atoms with Crippen molar-refractivity contribution in [3.8, 4) is 5.75 Å². The number of ether oxygens (including phenoxy) is 1. The van der Waals surface area contributed by atoms with Crippen molar-refractivity contribution in [2.24, 2.45) is 5.92 Å². The van der Waals surface area contributed by atoms with Crippen LogP contribution in [0.5, 0.6) is 5.75 Å². The first kappa shape index (κ1) is 21.7. The molecule has 2 unspecified atom stereocenters. The molecular weight excluding hydrogens is 380 g/mol. The van der Waals surface area contributed by atoms with Gasteiger partial charge in [0.2, 0.25) is 5.78 Å². The number of Topliss-reactive ketones (excluding diaryl/α,β-unsaturated/α-hetero) is 2. The van der Waals surface area contributed by atoms with E-state index in [1.54, 1.807) is 23.1 Å². The number of likely N-dealkylation sites (N-methyl/N-ethyl adjacent to an activating group) is 1. The molecule has 0 aliphatic carbocycles. The molecule has 30 heavy (non-hydrogen) atoms. The standard InChI is InChI=1S/C24H28N2O4/c1-5-30-19-12-11-18(15-16(19)2)22(27)20-21(17-9-7-6-8-10-17)26(14-13-25(3)4)24(29)23(20)28/h6-12,15,20-21H,5,13-14H2,1-4H3/p+1. The number of likely N-dealkylation sites (tertiary alicyclic amines) is 1. The fourth-order valence-electron chi connectivity index (χ4n) is 3.89. The number of quaternary nitrogens is 1. The summed E-state index contributed by atoms with van der Waals surface area (Å²) in [6.07, 6.45) is 0. The van der Waals surface area contributed by atoms with Crippen LogP contribution in [-0.2, 0) is 9.59 Å². The van der Waals surface area contributed by atoms with Crippen LogP contribution in [-0.4, -0.2) is 56.2 Å². The summed E-state index contributed by atoms with van der Waals surface area (Å²) in [6.45, 7) is 5.40. The van der Waals surface area contributed by atoms with Gasteiger partial charge in [-0.05, 0) is 43.2 Å². The Bertz CT molecular complexity index is 939. The molecule has 6 nitrogen and oxygen atoms in total. The van der Waals surface area contributed by atoms with Crippen molar-refractivity contribution in [1.82, 2.24) is 4.90 Å². The minimum atomic E-state index is -1.05. The lowest BCUT2D eigenvalue weighted by Crippen LogP contribution is -3.06. The maximum absolute atomic E-state index is 13.4. The Labute approximate surface area is 177 Å². The van der Waals surface area contributed by atoms with Gasteiger partial charge in [0.25, 0.3) is 5.91 Å². The zero-order valence-corrected chi connectivity index (χ0v) is 18.0. The topological polar surface area (TPSA) is 68.1 Å². The van der Waals surface area contributed by atoms with E-state index < -0.39 is 23.7 Å². The lowest BCUT2D eigenvalue weighted by atomic mass is 9.86. The molecule has 1 aliphatic rings. The molecule has 0 radical (unpaired) electrons. The zero-order valence-electron chi connectivity index (χ0n) is 18.0. The summed E-state index contributed by atoms with van der Waals surface area (Å²) < 4.78 is 5.55. The van der Waals surface area contributed by atoms with Gasteiger partial charge in [-0.3, -0.25) is 14.4 Å². The normalized spacial score (nSPS) is 18.9. The van der Waals surface area contributed by atoms with Gasteiger partial charge >= 0.3 is 0 Å². The molecule has 2 aromatic carbocycles. The fraction of sp³-hybridized carbons (Fsp3) is 0.375. The summed E-state index contributed by atoms with van der Waals surface area (Å²) in [6, 6.07) is 13.9. The summed E-state index contributed by atoms with van der Waals surface area (Å²) in [5.41, 5.74) is 2.04. The third-order valence-electron chi connectivity index (χ3n) is 5.44. The maximum atomic E-state index is 13.4. The van der Waals surface area contributed by atoms with E-state index >= 15 is 0 Å². The second-order valence-corrected chi connectivity index (χ2v) is 7.93. The van der Waals surface area contributed by atoms with Crippen LogP contribution < -0.4 is 9.64 Å². The van der Waals surface area contributed by atoms with E-state index in [9.17, 15) is 14.4 Å². The van der Waals surface area contributed by atoms with Crippen LogP contribution in [0, 0.1) is 12.8 Å². The number of benzene rings is 2. The van der Waals surface area contributed by atoms with Crippen molar-refractivity contribution in [2.45, 2.75) is 19.9 Å². The zero-order chi connectivity index (χ0) is 21.8. The number of hydrogen-bond donors (Lipinski definition) is 1. The van der Waals surface area contributed by atoms with E-state index in [1.165, 1.54) is 4.90 Å². The first-order valence-corrected chi connectivity index (χ1v) is 10.3. The van der Waals surface area contributed by atoms with Crippen molar-refractivity contribution in [3.05, 3.63) is 65.2 Å². The molecule has 0 bridgehead atoms. The average molecular weight is 410 g/mol. The number of ketones is 2. The van der Waals surface area contributed by atoms with Crippen LogP contribution in [0.15, 0.2) is 48.5 Å². The van der Waals surface area contributed by atoms with E-state index in [0.717, 1.165) is 11.1 Å². The molecule has 2 aromatic rings. The molecule has 0 saturated carbocycles. The molecule has 6 heteroatoms. The molecule has 1 fully saturated rings. The minimum Gasteiger partial charge on any atom is -0.494 e. The lowest BCUT2D eigenvalue weighted by molar-refractivity contribution is -0.857. The highest BCUT2D eigenvalue weighted by molar-refractivity contribution is 6.44. The van der Waals surface area contributed by atoms with Crippen molar-refractivity contribution >= 4 is 17.5 Å². The number of aryl methyl sites for hydroxylation is 1. The van der Waals surface area contributed by atoms with Crippen molar-refractivity contribution < 1.29 is 24.0 Å². The first-order valence-electron chi connectivity index (χ1n) is 10.3. The van der Waals surface area contributed by atoms with Gasteiger partial charge in [-0.1, -0.05) is 30.3 Å². The molecule has 1 N–H and O–H groups in total. The van der Waals surface area contributed by atoms with Crippen LogP contribution in [0.1, 0.15) is 34.5 Å². The molecule has 1 heterocycles. The average Bonchev–Trinajstić information content (AvgIpc) is 2.98. The third-order valence-corrected chi connectivity index (χ3v) is 5.44. The van der Waals surface area contributed by atoms with Gasteiger partial charge in [0.1, 0.15) is 11.7 Å². The maximum Gasteiger partial charge on any atom is 0.291 e. The molecule has 1 aliphatic heterocycles. The molecule has 2 atom stereocenters. The second-order valence-electron chi connectivity index (χ2n) is 7.93. The van der Waals surface area contributed by atoms with E-state index in [2.05, 4.69) is 0 Å². The summed E-state index contributed by atoms with van der Waals surface area (Å²) in [4.78, 5) is 42.0. The van der Waals surface area contributed by atoms with Crippen LogP contribution in [0.4, 0.5) is 0 Å². The van der Waals surface area contributed by atoms with Crippen LogP contribution in [0.3, 0.4) is 0 Å². The smallest absolute Gasteiger partial charge is 0.291 e. The van der Waals surface area contributed by atoms with E-state index in [0.29, 0.717) is 31.0 Å². The van der Waals surface area contributed by atoms with E-state index in [1.807, 2.05) is 58.3 Å². The number of nitrogens with zero attached hydrogens (tertiary/aromatic N) is 1. The minimum absolute atomic E-state index is 0.326. The van der Waals surface area contributed by atoms with Gasteiger partial charge in [-0.2, -0.15) is 0 Å². The Morgan fingerprint density at radius 3 is 2.40 bits per heavy atom. The predicted octanol–water partition coefficient (Wildman–Crippen LogP) is 1.49. The number of nitrogens with one attached hydrogen (secondary N) is 1.